The van der Waals surface area contributed by atoms with Crippen LogP contribution in [-0.4, -0.2) is 116 Å². The Balaban J connectivity index is 1.50. The normalized spacial score (nSPS) is 32.3. The van der Waals surface area contributed by atoms with E-state index >= 15 is 0 Å². The van der Waals surface area contributed by atoms with Crippen LogP contribution >= 0.6 is 0 Å². The molecule has 0 saturated carbocycles. The fourth-order valence-electron chi connectivity index (χ4n) is 7.66. The quantitative estimate of drug-likeness (QED) is 0.157. The number of fused-ring (bicyclic) bond motifs is 3. The Morgan fingerprint density at radius 3 is 2.59 bits per heavy atom. The SMILES string of the molecule is C[C@H]1c2cccc(O)c2C(=O)C2=C(O)[C@]3(O)C(=O)C(C(=O)CCN4CCCC(CO[N+](=O)[O-])C4)=C(O)[C@@H](N(C)C)[C@@H]3[C@@H](O)[C@@H]21. The van der Waals surface area contributed by atoms with Crippen LogP contribution in [0, 0.1) is 27.9 Å². The summed E-state index contributed by atoms with van der Waals surface area (Å²) in [6.45, 7) is 2.77. The molecule has 1 fully saturated rings. The van der Waals surface area contributed by atoms with E-state index in [-0.39, 0.29) is 36.8 Å². The second kappa shape index (κ2) is 11.6. The summed E-state index contributed by atoms with van der Waals surface area (Å²) in [4.78, 5) is 59.6. The van der Waals surface area contributed by atoms with Gasteiger partial charge in [-0.3, -0.25) is 19.3 Å². The van der Waals surface area contributed by atoms with Gasteiger partial charge in [-0.05, 0) is 56.9 Å². The predicted molar refractivity (Wildman–Crippen MR) is 152 cm³/mol. The van der Waals surface area contributed by atoms with Gasteiger partial charge in [-0.25, -0.2) is 0 Å². The van der Waals surface area contributed by atoms with Gasteiger partial charge in [0.05, 0.1) is 23.6 Å². The van der Waals surface area contributed by atoms with Crippen LogP contribution in [0.25, 0.3) is 0 Å². The topological polar surface area (TPSA) is 211 Å². The number of aliphatic hydroxyl groups excluding tert-OH is 3. The molecule has 14 heteroatoms. The first-order valence-electron chi connectivity index (χ1n) is 14.6. The molecular weight excluding hydrogens is 578 g/mol. The van der Waals surface area contributed by atoms with E-state index < -0.39 is 80.6 Å². The number of hydrogen-bond acceptors (Lipinski definition) is 13. The molecule has 7 atom stereocenters. The number of aliphatic hydroxyl groups is 4. The average Bonchev–Trinajstić information content (AvgIpc) is 2.97. The van der Waals surface area contributed by atoms with Gasteiger partial charge in [0, 0.05) is 31.0 Å². The van der Waals surface area contributed by atoms with Crippen LogP contribution in [0.1, 0.15) is 48.0 Å². The van der Waals surface area contributed by atoms with Gasteiger partial charge in [-0.2, -0.15) is 0 Å². The van der Waals surface area contributed by atoms with E-state index in [9.17, 15) is 50.0 Å². The second-order valence-electron chi connectivity index (χ2n) is 12.4. The third kappa shape index (κ3) is 4.85. The van der Waals surface area contributed by atoms with Crippen molar-refractivity contribution < 1.29 is 49.8 Å². The van der Waals surface area contributed by atoms with Gasteiger partial charge in [-0.15, -0.1) is 10.1 Å². The van der Waals surface area contributed by atoms with Crippen LogP contribution in [0.3, 0.4) is 0 Å². The standard InChI is InChI=1S/C30H37N3O11/c1-14-16-7-4-8-17(34)20(16)25(36)22-19(14)26(37)23-24(31(2)3)27(38)21(28(39)30(23,41)29(22)40)18(35)9-11-32-10-5-6-15(12-32)13-44-33(42)43/h4,7-8,14-15,19,23-24,26,34,37-38,40-41H,5-6,9-13H2,1-3H3/t14-,15?,19+,23+,24-,26-,30+/m0/s1. The average molecular weight is 616 g/mol. The first-order valence-corrected chi connectivity index (χ1v) is 14.6. The van der Waals surface area contributed by atoms with Gasteiger partial charge in [0.2, 0.25) is 5.78 Å². The highest BCUT2D eigenvalue weighted by molar-refractivity contribution is 6.26. The number of Topliss-reactive ketones (excluding diaryl/α,β-unsaturated/α-hetero) is 3. The lowest BCUT2D eigenvalue weighted by atomic mass is 9.55. The number of aromatic hydroxyl groups is 1. The molecule has 0 radical (unpaired) electrons. The van der Waals surface area contributed by atoms with Crippen LogP contribution in [0.4, 0.5) is 0 Å². The van der Waals surface area contributed by atoms with E-state index in [4.69, 9.17) is 0 Å². The highest BCUT2D eigenvalue weighted by Gasteiger charge is 2.67. The van der Waals surface area contributed by atoms with Gasteiger partial charge in [0.1, 0.15) is 29.4 Å². The number of hydrogen-bond donors (Lipinski definition) is 5. The first-order chi connectivity index (χ1) is 20.7. The van der Waals surface area contributed by atoms with Gasteiger partial charge in [0.25, 0.3) is 5.09 Å². The molecule has 1 aromatic carbocycles. The molecular formula is C30H37N3O11. The van der Waals surface area contributed by atoms with E-state index in [0.29, 0.717) is 31.5 Å². The molecule has 5 N–H and O–H groups in total. The largest absolute Gasteiger partial charge is 0.510 e. The Bertz CT molecular complexity index is 1470. The van der Waals surface area contributed by atoms with E-state index in [1.54, 1.807) is 19.1 Å². The number of rotatable bonds is 8. The van der Waals surface area contributed by atoms with Crippen LogP contribution in [-0.2, 0) is 14.4 Å². The lowest BCUT2D eigenvalue weighted by Crippen LogP contribution is -2.68. The molecule has 238 valence electrons. The summed E-state index contributed by atoms with van der Waals surface area (Å²) in [5.41, 5.74) is -3.77. The molecule has 1 unspecified atom stereocenters. The molecule has 1 aromatic rings. The van der Waals surface area contributed by atoms with Crippen LogP contribution in [0.5, 0.6) is 5.75 Å². The fourth-order valence-corrected chi connectivity index (χ4v) is 7.66. The van der Waals surface area contributed by atoms with Crippen molar-refractivity contribution >= 4 is 17.3 Å². The summed E-state index contributed by atoms with van der Waals surface area (Å²) < 4.78 is 0. The minimum Gasteiger partial charge on any atom is -0.510 e. The Hall–Kier alpha value is -3.85. The summed E-state index contributed by atoms with van der Waals surface area (Å²) in [6, 6.07) is 3.16. The van der Waals surface area contributed by atoms with Crippen molar-refractivity contribution in [1.29, 1.82) is 0 Å². The van der Waals surface area contributed by atoms with Gasteiger partial charge >= 0.3 is 0 Å². The maximum absolute atomic E-state index is 14.0. The predicted octanol–water partition coefficient (Wildman–Crippen LogP) is 1.05. The molecule has 14 nitrogen and oxygen atoms in total. The molecule has 0 aromatic heterocycles. The summed E-state index contributed by atoms with van der Waals surface area (Å²) in [6.07, 6.45) is -0.461. The summed E-state index contributed by atoms with van der Waals surface area (Å²) in [7, 11) is 3.04. The number of likely N-dealkylation sites (N-methyl/N-ethyl adjacent to an activating group) is 1. The Morgan fingerprint density at radius 1 is 1.23 bits per heavy atom. The van der Waals surface area contributed by atoms with Crippen molar-refractivity contribution in [3.63, 3.8) is 0 Å². The number of likely N-dealkylation sites (tertiary alicyclic amines) is 1. The lowest BCUT2D eigenvalue weighted by molar-refractivity contribution is -0.759. The Labute approximate surface area is 252 Å². The zero-order valence-corrected chi connectivity index (χ0v) is 24.7. The highest BCUT2D eigenvalue weighted by atomic mass is 16.9. The fraction of sp³-hybridized carbons (Fsp3) is 0.567. The molecule has 44 heavy (non-hydrogen) atoms. The maximum Gasteiger partial charge on any atom is 0.294 e. The number of phenolic OH excluding ortho intramolecular Hbond substituents is 1. The van der Waals surface area contributed by atoms with Crippen molar-refractivity contribution in [2.24, 2.45) is 17.8 Å². The first kappa shape index (κ1) is 31.6. The Morgan fingerprint density at radius 2 is 1.93 bits per heavy atom. The number of benzene rings is 1. The molecule has 0 bridgehead atoms. The number of nitrogens with zero attached hydrogens (tertiary/aromatic N) is 3. The van der Waals surface area contributed by atoms with Crippen molar-refractivity contribution in [2.45, 2.75) is 49.9 Å². The molecule has 0 amide bonds. The monoisotopic (exact) mass is 615 g/mol. The van der Waals surface area contributed by atoms with Crippen molar-refractivity contribution in [3.8, 4) is 5.75 Å². The third-order valence-electron chi connectivity index (χ3n) is 9.70. The molecule has 1 aliphatic heterocycles. The number of carbonyl (C=O) groups is 3. The van der Waals surface area contributed by atoms with Crippen molar-refractivity contribution in [1.82, 2.24) is 9.80 Å². The summed E-state index contributed by atoms with van der Waals surface area (Å²) in [5, 5.41) is 67.0. The minimum atomic E-state index is -2.93. The smallest absolute Gasteiger partial charge is 0.294 e. The molecule has 1 heterocycles. The minimum absolute atomic E-state index is 0.0857. The summed E-state index contributed by atoms with van der Waals surface area (Å²) in [5.74, 6) is -8.42. The third-order valence-corrected chi connectivity index (χ3v) is 9.70. The second-order valence-corrected chi connectivity index (χ2v) is 12.4. The van der Waals surface area contributed by atoms with E-state index in [0.717, 1.165) is 0 Å². The number of phenols is 1. The van der Waals surface area contributed by atoms with E-state index in [1.165, 1.54) is 25.1 Å². The lowest BCUT2D eigenvalue weighted by Gasteiger charge is -2.53. The number of carbonyl (C=O) groups excluding carboxylic acids is 3. The number of ketones is 3. The van der Waals surface area contributed by atoms with E-state index in [1.807, 2.05) is 4.90 Å². The molecule has 4 aliphatic rings. The molecule has 0 spiro atoms. The van der Waals surface area contributed by atoms with E-state index in [2.05, 4.69) is 4.84 Å². The van der Waals surface area contributed by atoms with Gasteiger partial charge in [-0.1, -0.05) is 19.1 Å². The maximum atomic E-state index is 14.0. The highest BCUT2D eigenvalue weighted by Crippen LogP contribution is 2.55. The Kier molecular flexibility index (Phi) is 8.31. The van der Waals surface area contributed by atoms with Crippen molar-refractivity contribution in [3.05, 3.63) is 62.1 Å². The zero-order chi connectivity index (χ0) is 32.2. The molecule has 5 rings (SSSR count). The van der Waals surface area contributed by atoms with Crippen molar-refractivity contribution in [2.75, 3.05) is 40.3 Å². The molecule has 1 saturated heterocycles. The van der Waals surface area contributed by atoms with Gasteiger partial charge < -0.3 is 35.3 Å². The van der Waals surface area contributed by atoms with Gasteiger partial charge in [0.15, 0.2) is 17.2 Å². The van der Waals surface area contributed by atoms with Crippen LogP contribution in [0.2, 0.25) is 0 Å². The summed E-state index contributed by atoms with van der Waals surface area (Å²) >= 11 is 0. The zero-order valence-electron chi connectivity index (χ0n) is 24.7. The number of piperidine rings is 1. The van der Waals surface area contributed by atoms with Crippen LogP contribution in [0.15, 0.2) is 40.9 Å². The molecule has 3 aliphatic carbocycles. The van der Waals surface area contributed by atoms with Crippen LogP contribution < -0.4 is 0 Å².